The average Bonchev–Trinajstić information content (AvgIpc) is 3.41. The minimum absolute atomic E-state index is 0.0737. The number of nitrogens with one attached hydrogen (secondary N) is 3. The largest absolute Gasteiger partial charge is 0.481 e. The van der Waals surface area contributed by atoms with E-state index in [0.717, 1.165) is 17.5 Å². The van der Waals surface area contributed by atoms with Gasteiger partial charge < -0.3 is 20.7 Å². The van der Waals surface area contributed by atoms with Crippen molar-refractivity contribution in [1.82, 2.24) is 30.2 Å². The number of methoxy groups -OCH3 is 1. The maximum Gasteiger partial charge on any atom is 0.418 e. The molecule has 0 fully saturated rings. The van der Waals surface area contributed by atoms with Crippen LogP contribution in [0, 0.1) is 0 Å². The number of rotatable bonds is 8. The Kier molecular flexibility index (Phi) is 8.21. The van der Waals surface area contributed by atoms with Gasteiger partial charge in [0.1, 0.15) is 33.5 Å². The van der Waals surface area contributed by atoms with Crippen LogP contribution in [0.5, 0.6) is 5.88 Å². The summed E-state index contributed by atoms with van der Waals surface area (Å²) in [5, 5.41) is 7.82. The van der Waals surface area contributed by atoms with Gasteiger partial charge in [-0.25, -0.2) is 24.9 Å². The van der Waals surface area contributed by atoms with Crippen LogP contribution in [-0.2, 0) is 6.18 Å². The molecule has 0 spiro atoms. The molecule has 39 heavy (non-hydrogen) atoms. The highest BCUT2D eigenvalue weighted by molar-refractivity contribution is 7.13. The van der Waals surface area contributed by atoms with Gasteiger partial charge in [-0.1, -0.05) is 11.6 Å². The first-order valence-corrected chi connectivity index (χ1v) is 12.1. The number of nitrogens with zero attached hydrogens (tertiary/aromatic N) is 5. The molecular weight excluding hydrogens is 561 g/mol. The van der Waals surface area contributed by atoms with E-state index in [-0.39, 0.29) is 16.4 Å². The lowest BCUT2D eigenvalue weighted by molar-refractivity contribution is -0.137. The van der Waals surface area contributed by atoms with Crippen LogP contribution in [0.1, 0.15) is 43.7 Å². The summed E-state index contributed by atoms with van der Waals surface area (Å²) >= 11 is 6.51. The molecule has 11 nitrogen and oxygen atoms in total. The lowest BCUT2D eigenvalue weighted by Crippen LogP contribution is -2.27. The number of thiazole rings is 1. The highest BCUT2D eigenvalue weighted by atomic mass is 35.5. The van der Waals surface area contributed by atoms with Gasteiger partial charge in [0.15, 0.2) is 0 Å². The van der Waals surface area contributed by atoms with Crippen LogP contribution in [0.25, 0.3) is 0 Å². The maximum atomic E-state index is 13.1. The van der Waals surface area contributed by atoms with E-state index in [9.17, 15) is 22.8 Å². The number of amides is 2. The standard InChI is InChI=1S/C23H18ClF3N8O3S/c1-11(33-20(36)15-6-18(32-10-31-15)34-12-3-4-19(38-2)29-7-12)22-30-9-16(39-22)21(37)35-17-5-13(23(25,26)27)14(24)8-28-17/h3-11H,1-2H3,(H,33,36)(H,28,35,37)(H,31,32,34). The van der Waals surface area contributed by atoms with E-state index in [4.69, 9.17) is 16.3 Å². The van der Waals surface area contributed by atoms with Crippen molar-refractivity contribution in [2.24, 2.45) is 0 Å². The van der Waals surface area contributed by atoms with Crippen LogP contribution in [0.2, 0.25) is 5.02 Å². The van der Waals surface area contributed by atoms with Crippen LogP contribution in [0.4, 0.5) is 30.5 Å². The van der Waals surface area contributed by atoms with Gasteiger partial charge >= 0.3 is 6.18 Å². The lowest BCUT2D eigenvalue weighted by atomic mass is 10.2. The van der Waals surface area contributed by atoms with Crippen LogP contribution in [-0.4, -0.2) is 43.8 Å². The number of aromatic nitrogens is 5. The van der Waals surface area contributed by atoms with Crippen LogP contribution in [0.15, 0.2) is 49.2 Å². The number of hydrogen-bond donors (Lipinski definition) is 3. The lowest BCUT2D eigenvalue weighted by Gasteiger charge is -2.12. The molecule has 0 aromatic carbocycles. The first kappa shape index (κ1) is 27.7. The van der Waals surface area contributed by atoms with Gasteiger partial charge in [0, 0.05) is 18.3 Å². The third-order valence-electron chi connectivity index (χ3n) is 4.99. The quantitative estimate of drug-likeness (QED) is 0.266. The van der Waals surface area contributed by atoms with Crippen molar-refractivity contribution in [1.29, 1.82) is 0 Å². The zero-order valence-corrected chi connectivity index (χ0v) is 21.6. The number of ether oxygens (including phenoxy) is 1. The van der Waals surface area contributed by atoms with E-state index < -0.39 is 34.6 Å². The normalized spacial score (nSPS) is 11.9. The van der Waals surface area contributed by atoms with Crippen molar-refractivity contribution in [2.75, 3.05) is 17.7 Å². The van der Waals surface area contributed by atoms with Crippen molar-refractivity contribution < 1.29 is 27.5 Å². The zero-order chi connectivity index (χ0) is 28.2. The predicted octanol–water partition coefficient (Wildman–Crippen LogP) is 4.89. The third kappa shape index (κ3) is 6.94. The van der Waals surface area contributed by atoms with Crippen molar-refractivity contribution in [2.45, 2.75) is 19.1 Å². The summed E-state index contributed by atoms with van der Waals surface area (Å²) in [6.07, 6.45) is 0.0981. The highest BCUT2D eigenvalue weighted by Crippen LogP contribution is 2.35. The molecular formula is C23H18ClF3N8O3S. The molecule has 4 aromatic heterocycles. The van der Waals surface area contributed by atoms with Gasteiger partial charge in [-0.05, 0) is 19.1 Å². The molecule has 1 atom stereocenters. The number of anilines is 3. The van der Waals surface area contributed by atoms with Crippen molar-refractivity contribution in [3.63, 3.8) is 0 Å². The first-order valence-electron chi connectivity index (χ1n) is 10.9. The Balaban J connectivity index is 1.39. The Morgan fingerprint density at radius 1 is 1.00 bits per heavy atom. The Hall–Kier alpha value is -4.37. The Morgan fingerprint density at radius 3 is 2.49 bits per heavy atom. The number of hydrogen-bond acceptors (Lipinski definition) is 10. The van der Waals surface area contributed by atoms with E-state index in [2.05, 4.69) is 40.9 Å². The number of carbonyl (C=O) groups excluding carboxylic acids is 2. The summed E-state index contributed by atoms with van der Waals surface area (Å²) < 4.78 is 44.2. The first-order chi connectivity index (χ1) is 18.5. The average molecular weight is 579 g/mol. The Labute approximate surface area is 227 Å². The fourth-order valence-corrected chi connectivity index (χ4v) is 4.13. The smallest absolute Gasteiger partial charge is 0.418 e. The van der Waals surface area contributed by atoms with Crippen molar-refractivity contribution >= 4 is 52.1 Å². The summed E-state index contributed by atoms with van der Waals surface area (Å²) in [6, 6.07) is 4.85. The molecule has 0 saturated carbocycles. The minimum atomic E-state index is -4.71. The molecule has 0 bridgehead atoms. The monoisotopic (exact) mass is 578 g/mol. The second kappa shape index (κ2) is 11.6. The van der Waals surface area contributed by atoms with E-state index in [1.54, 1.807) is 19.1 Å². The molecule has 0 saturated heterocycles. The Bertz CT molecular complexity index is 1500. The number of alkyl halides is 3. The van der Waals surface area contributed by atoms with E-state index in [1.807, 2.05) is 0 Å². The van der Waals surface area contributed by atoms with Gasteiger partial charge in [-0.15, -0.1) is 11.3 Å². The van der Waals surface area contributed by atoms with Gasteiger partial charge in [0.05, 0.1) is 41.8 Å². The second-order valence-corrected chi connectivity index (χ2v) is 9.23. The maximum absolute atomic E-state index is 13.1. The fourth-order valence-electron chi connectivity index (χ4n) is 3.10. The number of pyridine rings is 2. The fraction of sp³-hybridized carbons (Fsp3) is 0.174. The SMILES string of the molecule is COc1ccc(Nc2cc(C(=O)NC(C)c3ncc(C(=O)Nc4cc(C(F)(F)F)c(Cl)cn4)s3)ncn2)cn1. The Morgan fingerprint density at radius 2 is 1.79 bits per heavy atom. The molecule has 3 N–H and O–H groups in total. The molecule has 4 aromatic rings. The van der Waals surface area contributed by atoms with Gasteiger partial charge in [0.2, 0.25) is 5.88 Å². The third-order valence-corrected chi connectivity index (χ3v) is 6.47. The molecule has 0 aliphatic heterocycles. The molecule has 0 aliphatic carbocycles. The van der Waals surface area contributed by atoms with Gasteiger partial charge in [-0.2, -0.15) is 13.2 Å². The molecule has 2 amide bonds. The second-order valence-electron chi connectivity index (χ2n) is 7.76. The number of carbonyl (C=O) groups is 2. The van der Waals surface area contributed by atoms with Crippen molar-refractivity contribution in [3.05, 3.63) is 75.3 Å². The summed E-state index contributed by atoms with van der Waals surface area (Å²) in [5.41, 5.74) is -0.435. The zero-order valence-electron chi connectivity index (χ0n) is 20.1. The number of halogens is 4. The minimum Gasteiger partial charge on any atom is -0.481 e. The molecule has 4 rings (SSSR count). The van der Waals surface area contributed by atoms with Gasteiger partial charge in [-0.3, -0.25) is 9.59 Å². The topological polar surface area (TPSA) is 144 Å². The van der Waals surface area contributed by atoms with Crippen LogP contribution >= 0.6 is 22.9 Å². The summed E-state index contributed by atoms with van der Waals surface area (Å²) in [5.74, 6) is -0.775. The molecule has 0 radical (unpaired) electrons. The van der Waals surface area contributed by atoms with Crippen molar-refractivity contribution in [3.8, 4) is 5.88 Å². The molecule has 4 heterocycles. The highest BCUT2D eigenvalue weighted by Gasteiger charge is 2.34. The summed E-state index contributed by atoms with van der Waals surface area (Å²) in [6.45, 7) is 1.65. The van der Waals surface area contributed by atoms with Gasteiger partial charge in [0.25, 0.3) is 11.8 Å². The molecule has 1 unspecified atom stereocenters. The van der Waals surface area contributed by atoms with E-state index in [0.29, 0.717) is 28.5 Å². The molecule has 16 heteroatoms. The van der Waals surface area contributed by atoms with E-state index >= 15 is 0 Å². The van der Waals surface area contributed by atoms with E-state index in [1.165, 1.54) is 31.9 Å². The summed E-state index contributed by atoms with van der Waals surface area (Å²) in [7, 11) is 1.50. The molecule has 0 aliphatic rings. The van der Waals surface area contributed by atoms with Crippen LogP contribution < -0.4 is 20.7 Å². The molecule has 202 valence electrons. The predicted molar refractivity (Wildman–Crippen MR) is 136 cm³/mol. The van der Waals surface area contributed by atoms with Crippen LogP contribution in [0.3, 0.4) is 0 Å². The summed E-state index contributed by atoms with van der Waals surface area (Å²) in [4.78, 5) is 45.4.